The summed E-state index contributed by atoms with van der Waals surface area (Å²) in [5.74, 6) is 1.74. The lowest BCUT2D eigenvalue weighted by Crippen LogP contribution is -2.33. The van der Waals surface area contributed by atoms with Crippen molar-refractivity contribution in [2.45, 2.75) is 13.0 Å². The van der Waals surface area contributed by atoms with Crippen molar-refractivity contribution in [3.8, 4) is 17.2 Å². The van der Waals surface area contributed by atoms with E-state index in [9.17, 15) is 4.79 Å². The molecule has 1 N–H and O–H groups in total. The summed E-state index contributed by atoms with van der Waals surface area (Å²) in [7, 11) is 0. The number of amides is 1. The van der Waals surface area contributed by atoms with Gasteiger partial charge >= 0.3 is 0 Å². The quantitative estimate of drug-likeness (QED) is 0.914. The molecule has 0 bridgehead atoms. The van der Waals surface area contributed by atoms with Gasteiger partial charge in [-0.1, -0.05) is 0 Å². The molecule has 0 radical (unpaired) electrons. The molecule has 0 saturated carbocycles. The molecular formula is C16H16N2O4. The van der Waals surface area contributed by atoms with Gasteiger partial charge in [0.15, 0.2) is 11.5 Å². The molecule has 0 aliphatic carbocycles. The van der Waals surface area contributed by atoms with Crippen LogP contribution in [0.4, 0.5) is 0 Å². The molecule has 6 heteroatoms. The van der Waals surface area contributed by atoms with Crippen molar-refractivity contribution >= 4 is 5.91 Å². The molecule has 1 amide bonds. The van der Waals surface area contributed by atoms with Crippen LogP contribution in [0.5, 0.6) is 17.2 Å². The van der Waals surface area contributed by atoms with Gasteiger partial charge in [0.2, 0.25) is 6.79 Å². The van der Waals surface area contributed by atoms with Crippen molar-refractivity contribution in [1.29, 1.82) is 0 Å². The first-order chi connectivity index (χ1) is 10.7. The number of ether oxygens (including phenoxy) is 3. The molecule has 0 spiro atoms. The third-order valence-electron chi connectivity index (χ3n) is 3.16. The van der Waals surface area contributed by atoms with Crippen LogP contribution in [0.15, 0.2) is 42.7 Å². The number of nitrogens with one attached hydrogen (secondary N) is 1. The standard InChI is InChI=1S/C16H16N2O4/c1-11(22-13-3-2-6-17-9-13)8-18-16(19)12-4-5-14-15(7-12)21-10-20-14/h2-7,9,11H,8,10H2,1H3,(H,18,19). The number of hydrogen-bond donors (Lipinski definition) is 1. The lowest BCUT2D eigenvalue weighted by molar-refractivity contribution is 0.0931. The lowest BCUT2D eigenvalue weighted by atomic mass is 10.2. The van der Waals surface area contributed by atoms with Gasteiger partial charge in [0, 0.05) is 11.8 Å². The van der Waals surface area contributed by atoms with Crippen LogP contribution in [0.25, 0.3) is 0 Å². The Hall–Kier alpha value is -2.76. The highest BCUT2D eigenvalue weighted by Crippen LogP contribution is 2.32. The number of rotatable bonds is 5. The normalized spacial score (nSPS) is 13.5. The molecule has 2 heterocycles. The number of hydrogen-bond acceptors (Lipinski definition) is 5. The van der Waals surface area contributed by atoms with Gasteiger partial charge in [-0.2, -0.15) is 0 Å². The number of carbonyl (C=O) groups is 1. The van der Waals surface area contributed by atoms with Gasteiger partial charge in [0.25, 0.3) is 5.91 Å². The molecule has 1 unspecified atom stereocenters. The zero-order valence-corrected chi connectivity index (χ0v) is 12.1. The van der Waals surface area contributed by atoms with E-state index in [0.717, 1.165) is 0 Å². The van der Waals surface area contributed by atoms with Crippen LogP contribution in [0.2, 0.25) is 0 Å². The second-order valence-corrected chi connectivity index (χ2v) is 4.90. The van der Waals surface area contributed by atoms with Crippen LogP contribution in [0, 0.1) is 0 Å². The van der Waals surface area contributed by atoms with Gasteiger partial charge in [-0.05, 0) is 37.3 Å². The highest BCUT2D eigenvalue weighted by atomic mass is 16.7. The maximum atomic E-state index is 12.1. The second-order valence-electron chi connectivity index (χ2n) is 4.90. The minimum atomic E-state index is -0.181. The molecule has 1 aromatic carbocycles. The van der Waals surface area contributed by atoms with Gasteiger partial charge in [-0.15, -0.1) is 0 Å². The summed E-state index contributed by atoms with van der Waals surface area (Å²) < 4.78 is 16.1. The van der Waals surface area contributed by atoms with E-state index in [0.29, 0.717) is 29.4 Å². The molecule has 1 aliphatic rings. The molecule has 22 heavy (non-hydrogen) atoms. The Kier molecular flexibility index (Phi) is 4.09. The van der Waals surface area contributed by atoms with Gasteiger partial charge in [-0.25, -0.2) is 0 Å². The number of benzene rings is 1. The van der Waals surface area contributed by atoms with E-state index in [1.807, 2.05) is 13.0 Å². The highest BCUT2D eigenvalue weighted by Gasteiger charge is 2.16. The van der Waals surface area contributed by atoms with E-state index in [4.69, 9.17) is 14.2 Å². The summed E-state index contributed by atoms with van der Waals surface area (Å²) in [6, 6.07) is 8.73. The van der Waals surface area contributed by atoms with Crippen molar-refractivity contribution in [2.24, 2.45) is 0 Å². The Bertz CT molecular complexity index is 660. The SMILES string of the molecule is CC(CNC(=O)c1ccc2c(c1)OCO2)Oc1cccnc1. The van der Waals surface area contributed by atoms with E-state index in [-0.39, 0.29) is 18.8 Å². The first-order valence-electron chi connectivity index (χ1n) is 6.97. The molecule has 3 rings (SSSR count). The molecule has 0 saturated heterocycles. The van der Waals surface area contributed by atoms with Crippen LogP contribution in [-0.2, 0) is 0 Å². The van der Waals surface area contributed by atoms with E-state index < -0.39 is 0 Å². The van der Waals surface area contributed by atoms with E-state index in [2.05, 4.69) is 10.3 Å². The van der Waals surface area contributed by atoms with Gasteiger partial charge in [-0.3, -0.25) is 9.78 Å². The highest BCUT2D eigenvalue weighted by molar-refractivity contribution is 5.94. The van der Waals surface area contributed by atoms with Crippen LogP contribution in [0.1, 0.15) is 17.3 Å². The summed E-state index contributed by atoms with van der Waals surface area (Å²) in [6.07, 6.45) is 3.15. The lowest BCUT2D eigenvalue weighted by Gasteiger charge is -2.15. The predicted octanol–water partition coefficient (Wildman–Crippen LogP) is 2.01. The molecule has 6 nitrogen and oxygen atoms in total. The maximum Gasteiger partial charge on any atom is 0.251 e. The van der Waals surface area contributed by atoms with E-state index >= 15 is 0 Å². The largest absolute Gasteiger partial charge is 0.487 e. The molecule has 1 atom stereocenters. The number of nitrogens with zero attached hydrogens (tertiary/aromatic N) is 1. The summed E-state index contributed by atoms with van der Waals surface area (Å²) >= 11 is 0. The van der Waals surface area contributed by atoms with E-state index in [1.54, 1.807) is 36.7 Å². The average molecular weight is 300 g/mol. The summed E-state index contributed by atoms with van der Waals surface area (Å²) in [5, 5.41) is 2.83. The van der Waals surface area contributed by atoms with Gasteiger partial charge in [0.05, 0.1) is 12.7 Å². The fourth-order valence-electron chi connectivity index (χ4n) is 2.07. The minimum Gasteiger partial charge on any atom is -0.487 e. The van der Waals surface area contributed by atoms with Crippen molar-refractivity contribution in [1.82, 2.24) is 10.3 Å². The van der Waals surface area contributed by atoms with Crippen LogP contribution in [0.3, 0.4) is 0 Å². The zero-order valence-electron chi connectivity index (χ0n) is 12.1. The average Bonchev–Trinajstić information content (AvgIpc) is 3.01. The number of pyridine rings is 1. The van der Waals surface area contributed by atoms with Crippen molar-refractivity contribution in [3.63, 3.8) is 0 Å². The van der Waals surface area contributed by atoms with Gasteiger partial charge in [0.1, 0.15) is 11.9 Å². The minimum absolute atomic E-state index is 0.165. The van der Waals surface area contributed by atoms with Crippen molar-refractivity contribution < 1.29 is 19.0 Å². The molecular weight excluding hydrogens is 284 g/mol. The summed E-state index contributed by atoms with van der Waals surface area (Å²) in [5.41, 5.74) is 0.526. The zero-order chi connectivity index (χ0) is 15.4. The number of carbonyl (C=O) groups excluding carboxylic acids is 1. The van der Waals surface area contributed by atoms with Crippen molar-refractivity contribution in [3.05, 3.63) is 48.3 Å². The van der Waals surface area contributed by atoms with E-state index in [1.165, 1.54) is 0 Å². The van der Waals surface area contributed by atoms with Crippen LogP contribution >= 0.6 is 0 Å². The Morgan fingerprint density at radius 2 is 2.23 bits per heavy atom. The third-order valence-corrected chi connectivity index (χ3v) is 3.16. The Morgan fingerprint density at radius 3 is 3.05 bits per heavy atom. The van der Waals surface area contributed by atoms with Crippen LogP contribution in [-0.4, -0.2) is 30.3 Å². The third kappa shape index (κ3) is 3.28. The second kappa shape index (κ2) is 6.34. The maximum absolute atomic E-state index is 12.1. The Balaban J connectivity index is 1.53. The molecule has 0 fully saturated rings. The van der Waals surface area contributed by atoms with Crippen molar-refractivity contribution in [2.75, 3.05) is 13.3 Å². The van der Waals surface area contributed by atoms with Gasteiger partial charge < -0.3 is 19.5 Å². The Morgan fingerprint density at radius 1 is 1.36 bits per heavy atom. The monoisotopic (exact) mass is 300 g/mol. The summed E-state index contributed by atoms with van der Waals surface area (Å²) in [4.78, 5) is 16.1. The molecule has 2 aromatic rings. The summed E-state index contributed by atoms with van der Waals surface area (Å²) in [6.45, 7) is 2.46. The molecule has 1 aromatic heterocycles. The smallest absolute Gasteiger partial charge is 0.251 e. The molecule has 114 valence electrons. The molecule has 1 aliphatic heterocycles. The Labute approximate surface area is 128 Å². The van der Waals surface area contributed by atoms with Crippen LogP contribution < -0.4 is 19.5 Å². The number of fused-ring (bicyclic) bond motifs is 1. The predicted molar refractivity (Wildman–Crippen MR) is 79.2 cm³/mol. The fourth-order valence-corrected chi connectivity index (χ4v) is 2.07. The first-order valence-corrected chi connectivity index (χ1v) is 6.97. The first kappa shape index (κ1) is 14.2. The fraction of sp³-hybridized carbons (Fsp3) is 0.250. The number of aromatic nitrogens is 1. The topological polar surface area (TPSA) is 69.7 Å².